The molecule has 0 N–H and O–H groups in total. The summed E-state index contributed by atoms with van der Waals surface area (Å²) in [4.78, 5) is 2.53. The van der Waals surface area contributed by atoms with Gasteiger partial charge in [0.15, 0.2) is 0 Å². The smallest absolute Gasteiger partial charge is 0.0540 e. The molecule has 0 amide bonds. The lowest BCUT2D eigenvalue weighted by atomic mass is 9.78. The van der Waals surface area contributed by atoms with Crippen LogP contribution >= 0.6 is 0 Å². The number of hydrogen-bond donors (Lipinski definition) is 0. The van der Waals surface area contributed by atoms with Gasteiger partial charge in [-0.25, -0.2) is 0 Å². The van der Waals surface area contributed by atoms with Crippen molar-refractivity contribution in [2.24, 2.45) is 0 Å². The SMILES string of the molecule is CC(C)(C)c1cc(-c2cc(N(c3ccc4c(c3)C(C)(C)c3ccccc3-4)c3ccccc3-c3ccccc3)cc(C(C)(C)C)c2)cc(-c2cc(C(C)(C)C)cc(C(C)(C)C)c2)c1. The summed E-state index contributed by atoms with van der Waals surface area (Å²) in [5, 5.41) is 0. The Morgan fingerprint density at radius 3 is 1.32 bits per heavy atom. The summed E-state index contributed by atoms with van der Waals surface area (Å²) < 4.78 is 0. The maximum absolute atomic E-state index is 2.53. The molecule has 1 aliphatic rings. The highest BCUT2D eigenvalue weighted by atomic mass is 15.1. The Kier molecular flexibility index (Phi) is 10.6. The van der Waals surface area contributed by atoms with Crippen LogP contribution in [0.2, 0.25) is 0 Å². The summed E-state index contributed by atoms with van der Waals surface area (Å²) in [6.07, 6.45) is 0. The topological polar surface area (TPSA) is 3.24 Å². The second-order valence-corrected chi connectivity index (χ2v) is 22.5. The van der Waals surface area contributed by atoms with Crippen molar-refractivity contribution in [1.82, 2.24) is 0 Å². The normalized spacial score (nSPS) is 13.8. The van der Waals surface area contributed by atoms with E-state index >= 15 is 0 Å². The number of fused-ring (bicyclic) bond motifs is 3. The summed E-state index contributed by atoms with van der Waals surface area (Å²) in [5.74, 6) is 0. The molecular formula is C61H67N. The van der Waals surface area contributed by atoms with Crippen molar-refractivity contribution in [3.05, 3.63) is 185 Å². The molecule has 62 heavy (non-hydrogen) atoms. The largest absolute Gasteiger partial charge is 0.310 e. The van der Waals surface area contributed by atoms with Crippen molar-refractivity contribution in [2.45, 2.75) is 124 Å². The number of rotatable bonds is 6. The van der Waals surface area contributed by atoms with Gasteiger partial charge in [-0.05, 0) is 130 Å². The third-order valence-electron chi connectivity index (χ3n) is 13.2. The van der Waals surface area contributed by atoms with Crippen LogP contribution in [0, 0.1) is 0 Å². The molecule has 0 heterocycles. The van der Waals surface area contributed by atoms with E-state index < -0.39 is 0 Å². The minimum absolute atomic E-state index is 0.0193. The Hall–Kier alpha value is -5.66. The fourth-order valence-corrected chi connectivity index (χ4v) is 9.18. The van der Waals surface area contributed by atoms with Crippen molar-refractivity contribution in [2.75, 3.05) is 4.90 Å². The third kappa shape index (κ3) is 8.20. The molecule has 0 aromatic heterocycles. The molecule has 0 saturated heterocycles. The maximum Gasteiger partial charge on any atom is 0.0540 e. The van der Waals surface area contributed by atoms with Gasteiger partial charge in [-0.15, -0.1) is 0 Å². The average Bonchev–Trinajstić information content (AvgIpc) is 3.45. The highest BCUT2D eigenvalue weighted by Gasteiger charge is 2.36. The minimum atomic E-state index is -0.133. The monoisotopic (exact) mass is 814 g/mol. The van der Waals surface area contributed by atoms with Crippen LogP contribution in [-0.4, -0.2) is 0 Å². The zero-order chi connectivity index (χ0) is 44.6. The molecule has 0 spiro atoms. The van der Waals surface area contributed by atoms with Crippen LogP contribution in [0.1, 0.15) is 130 Å². The molecule has 7 aromatic rings. The summed E-state index contributed by atoms with van der Waals surface area (Å²) in [6.45, 7) is 32.8. The average molecular weight is 814 g/mol. The minimum Gasteiger partial charge on any atom is -0.310 e. The van der Waals surface area contributed by atoms with E-state index in [1.165, 1.54) is 77.9 Å². The molecule has 7 aromatic carbocycles. The molecule has 0 bridgehead atoms. The summed E-state index contributed by atoms with van der Waals surface area (Å²) in [5.41, 5.74) is 21.4. The van der Waals surface area contributed by atoms with E-state index in [9.17, 15) is 0 Å². The Bertz CT molecular complexity index is 2750. The molecule has 1 heteroatoms. The molecule has 0 fully saturated rings. The first-order valence-corrected chi connectivity index (χ1v) is 22.7. The quantitative estimate of drug-likeness (QED) is 0.162. The number of nitrogens with zero attached hydrogens (tertiary/aromatic N) is 1. The standard InChI is InChI=1S/C61H67N/c1-57(2,3)45-31-41(43-33-46(58(4,5)6)37-47(34-43)59(7,8)9)30-42(32-45)44-35-48(60(10,11)12)38-50(36-44)62(56-27-21-19-24-51(56)40-22-16-15-17-23-40)49-28-29-53-52-25-18-20-26-54(52)61(13,14)55(53)39-49/h15-39H,1-14H3. The van der Waals surface area contributed by atoms with Crippen molar-refractivity contribution in [3.8, 4) is 44.5 Å². The van der Waals surface area contributed by atoms with E-state index in [0.29, 0.717) is 0 Å². The van der Waals surface area contributed by atoms with Gasteiger partial charge in [0.2, 0.25) is 0 Å². The van der Waals surface area contributed by atoms with E-state index in [2.05, 4.69) is 253 Å². The number of benzene rings is 7. The first-order valence-electron chi connectivity index (χ1n) is 22.7. The van der Waals surface area contributed by atoms with Gasteiger partial charge in [0.05, 0.1) is 5.69 Å². The molecule has 0 radical (unpaired) electrons. The zero-order valence-electron chi connectivity index (χ0n) is 39.9. The number of hydrogen-bond acceptors (Lipinski definition) is 1. The van der Waals surface area contributed by atoms with Gasteiger partial charge in [-0.3, -0.25) is 0 Å². The van der Waals surface area contributed by atoms with Crippen LogP contribution in [-0.2, 0) is 27.1 Å². The number of para-hydroxylation sites is 1. The maximum atomic E-state index is 2.53. The van der Waals surface area contributed by atoms with Gasteiger partial charge in [0.25, 0.3) is 0 Å². The van der Waals surface area contributed by atoms with Crippen LogP contribution < -0.4 is 4.90 Å². The van der Waals surface area contributed by atoms with Crippen molar-refractivity contribution in [1.29, 1.82) is 0 Å². The van der Waals surface area contributed by atoms with E-state index in [0.717, 1.165) is 17.1 Å². The third-order valence-corrected chi connectivity index (χ3v) is 13.2. The van der Waals surface area contributed by atoms with E-state index in [-0.39, 0.29) is 27.1 Å². The van der Waals surface area contributed by atoms with Gasteiger partial charge < -0.3 is 4.90 Å². The van der Waals surface area contributed by atoms with Crippen LogP contribution in [0.25, 0.3) is 44.5 Å². The lowest BCUT2D eigenvalue weighted by Crippen LogP contribution is -2.18. The predicted octanol–water partition coefficient (Wildman–Crippen LogP) is 17.7. The molecular weight excluding hydrogens is 747 g/mol. The Labute approximate surface area is 373 Å². The fourth-order valence-electron chi connectivity index (χ4n) is 9.18. The molecule has 316 valence electrons. The van der Waals surface area contributed by atoms with E-state index in [1.54, 1.807) is 0 Å². The molecule has 1 aliphatic carbocycles. The van der Waals surface area contributed by atoms with Gasteiger partial charge in [0.1, 0.15) is 0 Å². The second kappa shape index (κ2) is 15.3. The molecule has 1 nitrogen and oxygen atoms in total. The van der Waals surface area contributed by atoms with Crippen molar-refractivity contribution >= 4 is 17.1 Å². The first kappa shape index (κ1) is 43.0. The van der Waals surface area contributed by atoms with Crippen LogP contribution in [0.15, 0.2) is 152 Å². The summed E-state index contributed by atoms with van der Waals surface area (Å²) >= 11 is 0. The van der Waals surface area contributed by atoms with E-state index in [4.69, 9.17) is 0 Å². The van der Waals surface area contributed by atoms with Crippen LogP contribution in [0.3, 0.4) is 0 Å². The molecule has 0 saturated carbocycles. The lowest BCUT2D eigenvalue weighted by Gasteiger charge is -2.32. The van der Waals surface area contributed by atoms with Crippen LogP contribution in [0.4, 0.5) is 17.1 Å². The van der Waals surface area contributed by atoms with Gasteiger partial charge in [0, 0.05) is 22.4 Å². The lowest BCUT2D eigenvalue weighted by molar-refractivity contribution is 0.569. The van der Waals surface area contributed by atoms with Crippen molar-refractivity contribution in [3.63, 3.8) is 0 Å². The highest BCUT2D eigenvalue weighted by Crippen LogP contribution is 2.52. The first-order chi connectivity index (χ1) is 29.0. The predicted molar refractivity (Wildman–Crippen MR) is 270 cm³/mol. The van der Waals surface area contributed by atoms with Crippen molar-refractivity contribution < 1.29 is 0 Å². The summed E-state index contributed by atoms with van der Waals surface area (Å²) in [7, 11) is 0. The van der Waals surface area contributed by atoms with E-state index in [1.807, 2.05) is 0 Å². The molecule has 0 aliphatic heterocycles. The highest BCUT2D eigenvalue weighted by molar-refractivity contribution is 5.92. The van der Waals surface area contributed by atoms with Crippen LogP contribution in [0.5, 0.6) is 0 Å². The van der Waals surface area contributed by atoms with Gasteiger partial charge in [-0.1, -0.05) is 212 Å². The molecule has 0 unspecified atom stereocenters. The zero-order valence-corrected chi connectivity index (χ0v) is 39.9. The number of anilines is 3. The fraction of sp³-hybridized carbons (Fsp3) is 0.311. The Morgan fingerprint density at radius 2 is 0.758 bits per heavy atom. The Morgan fingerprint density at radius 1 is 0.323 bits per heavy atom. The van der Waals surface area contributed by atoms with Gasteiger partial charge >= 0.3 is 0 Å². The summed E-state index contributed by atoms with van der Waals surface area (Å²) in [6, 6.07) is 57.9. The second-order valence-electron chi connectivity index (χ2n) is 22.5. The molecule has 0 atom stereocenters. The van der Waals surface area contributed by atoms with Gasteiger partial charge in [-0.2, -0.15) is 0 Å². The molecule has 8 rings (SSSR count). The Balaban J connectivity index is 1.40.